The number of amides is 1. The number of aromatic nitrogens is 1. The lowest BCUT2D eigenvalue weighted by Gasteiger charge is -2.40. The van der Waals surface area contributed by atoms with Crippen molar-refractivity contribution in [3.8, 4) is 0 Å². The number of carbonyl (C=O) groups excluding carboxylic acids is 1. The molecular formula is C11H10Cl2F2N2O. The van der Waals surface area contributed by atoms with Gasteiger partial charge in [-0.2, -0.15) is 0 Å². The SMILES string of the molecule is Cc1c(C(=O)N2CCC2C(F)F)cc(Cl)nc1Cl. The highest BCUT2D eigenvalue weighted by atomic mass is 35.5. The van der Waals surface area contributed by atoms with Crippen molar-refractivity contribution in [3.63, 3.8) is 0 Å². The van der Waals surface area contributed by atoms with E-state index in [4.69, 9.17) is 23.2 Å². The van der Waals surface area contributed by atoms with E-state index in [-0.39, 0.29) is 15.9 Å². The van der Waals surface area contributed by atoms with Crippen LogP contribution >= 0.6 is 23.2 Å². The third-order valence-electron chi connectivity index (χ3n) is 3.03. The van der Waals surface area contributed by atoms with Gasteiger partial charge in [0.2, 0.25) is 0 Å². The van der Waals surface area contributed by atoms with Crippen LogP contribution in [0.5, 0.6) is 0 Å². The van der Waals surface area contributed by atoms with Crippen LogP contribution in [0.15, 0.2) is 6.07 Å². The van der Waals surface area contributed by atoms with Gasteiger partial charge in [0.1, 0.15) is 10.3 Å². The maximum atomic E-state index is 12.6. The monoisotopic (exact) mass is 294 g/mol. The normalized spacial score (nSPS) is 19.0. The second kappa shape index (κ2) is 4.97. The fourth-order valence-corrected chi connectivity index (χ4v) is 2.28. The van der Waals surface area contributed by atoms with Crippen LogP contribution in [0.1, 0.15) is 22.3 Å². The molecule has 0 N–H and O–H groups in total. The molecule has 0 saturated carbocycles. The van der Waals surface area contributed by atoms with E-state index in [1.807, 2.05) is 0 Å². The smallest absolute Gasteiger partial charge is 0.258 e. The van der Waals surface area contributed by atoms with Crippen molar-refractivity contribution in [1.82, 2.24) is 9.88 Å². The Morgan fingerprint density at radius 1 is 1.56 bits per heavy atom. The van der Waals surface area contributed by atoms with Gasteiger partial charge < -0.3 is 4.90 Å². The predicted octanol–water partition coefficient (Wildman–Crippen LogP) is 3.18. The molecule has 1 saturated heterocycles. The summed E-state index contributed by atoms with van der Waals surface area (Å²) in [7, 11) is 0. The Labute approximate surface area is 113 Å². The van der Waals surface area contributed by atoms with Gasteiger partial charge in [0.25, 0.3) is 12.3 Å². The highest BCUT2D eigenvalue weighted by Gasteiger charge is 2.39. The van der Waals surface area contributed by atoms with Crippen LogP contribution in [0.2, 0.25) is 10.3 Å². The molecule has 0 aromatic carbocycles. The van der Waals surface area contributed by atoms with E-state index in [1.54, 1.807) is 6.92 Å². The van der Waals surface area contributed by atoms with E-state index in [2.05, 4.69) is 4.98 Å². The number of alkyl halides is 2. The lowest BCUT2D eigenvalue weighted by molar-refractivity contribution is -0.0219. The molecule has 98 valence electrons. The summed E-state index contributed by atoms with van der Waals surface area (Å²) in [6.45, 7) is 1.93. The lowest BCUT2D eigenvalue weighted by Crippen LogP contribution is -2.54. The average Bonchev–Trinajstić information content (AvgIpc) is 2.20. The van der Waals surface area contributed by atoms with Crippen LogP contribution in [0.4, 0.5) is 8.78 Å². The summed E-state index contributed by atoms with van der Waals surface area (Å²) < 4.78 is 25.2. The van der Waals surface area contributed by atoms with Crippen LogP contribution in [-0.4, -0.2) is 34.8 Å². The fourth-order valence-electron chi connectivity index (χ4n) is 1.85. The van der Waals surface area contributed by atoms with Crippen LogP contribution in [0.25, 0.3) is 0 Å². The summed E-state index contributed by atoms with van der Waals surface area (Å²) in [5.74, 6) is -0.477. The first kappa shape index (κ1) is 13.5. The Morgan fingerprint density at radius 3 is 2.72 bits per heavy atom. The van der Waals surface area contributed by atoms with E-state index in [9.17, 15) is 13.6 Å². The third-order valence-corrected chi connectivity index (χ3v) is 3.59. The van der Waals surface area contributed by atoms with E-state index < -0.39 is 18.4 Å². The molecule has 1 unspecified atom stereocenters. The number of likely N-dealkylation sites (tertiary alicyclic amines) is 1. The fraction of sp³-hybridized carbons (Fsp3) is 0.455. The zero-order valence-electron chi connectivity index (χ0n) is 9.46. The van der Waals surface area contributed by atoms with Crippen molar-refractivity contribution in [2.75, 3.05) is 6.54 Å². The lowest BCUT2D eigenvalue weighted by atomic mass is 10.0. The number of carbonyl (C=O) groups is 1. The molecule has 1 atom stereocenters. The van der Waals surface area contributed by atoms with Gasteiger partial charge in [0.15, 0.2) is 0 Å². The summed E-state index contributed by atoms with van der Waals surface area (Å²) in [4.78, 5) is 17.0. The van der Waals surface area contributed by atoms with Gasteiger partial charge in [-0.25, -0.2) is 13.8 Å². The molecule has 1 fully saturated rings. The molecule has 0 spiro atoms. The van der Waals surface area contributed by atoms with Gasteiger partial charge in [-0.1, -0.05) is 23.2 Å². The minimum atomic E-state index is -2.53. The molecule has 0 radical (unpaired) electrons. The minimum Gasteiger partial charge on any atom is -0.330 e. The van der Waals surface area contributed by atoms with Gasteiger partial charge in [0, 0.05) is 12.1 Å². The van der Waals surface area contributed by atoms with E-state index in [0.29, 0.717) is 18.5 Å². The minimum absolute atomic E-state index is 0.0723. The second-order valence-electron chi connectivity index (χ2n) is 4.10. The van der Waals surface area contributed by atoms with Gasteiger partial charge in [-0.15, -0.1) is 0 Å². The van der Waals surface area contributed by atoms with Crippen molar-refractivity contribution in [2.24, 2.45) is 0 Å². The molecule has 0 bridgehead atoms. The molecule has 2 heterocycles. The summed E-state index contributed by atoms with van der Waals surface area (Å²) in [5, 5.41) is 0.183. The molecule has 7 heteroatoms. The predicted molar refractivity (Wildman–Crippen MR) is 64.4 cm³/mol. The van der Waals surface area contributed by atoms with Crippen molar-refractivity contribution < 1.29 is 13.6 Å². The summed E-state index contributed by atoms with van der Waals surface area (Å²) in [5.41, 5.74) is 0.677. The summed E-state index contributed by atoms with van der Waals surface area (Å²) >= 11 is 11.5. The van der Waals surface area contributed by atoms with Crippen LogP contribution in [0.3, 0.4) is 0 Å². The molecule has 3 nitrogen and oxygen atoms in total. The number of nitrogens with zero attached hydrogens (tertiary/aromatic N) is 2. The van der Waals surface area contributed by atoms with E-state index >= 15 is 0 Å². The van der Waals surface area contributed by atoms with E-state index in [1.165, 1.54) is 6.07 Å². The quantitative estimate of drug-likeness (QED) is 0.785. The van der Waals surface area contributed by atoms with Crippen molar-refractivity contribution in [3.05, 3.63) is 27.5 Å². The Morgan fingerprint density at radius 2 is 2.22 bits per heavy atom. The standard InChI is InChI=1S/C11H10Cl2F2N2O/c1-5-6(4-8(12)16-9(5)13)11(18)17-3-2-7(17)10(14)15/h4,7,10H,2-3H2,1H3. The van der Waals surface area contributed by atoms with Gasteiger partial charge in [-0.05, 0) is 25.0 Å². The van der Waals surface area contributed by atoms with Gasteiger partial charge in [-0.3, -0.25) is 4.79 Å². The Hall–Kier alpha value is -0.940. The summed E-state index contributed by atoms with van der Waals surface area (Å²) in [6, 6.07) is 0.342. The second-order valence-corrected chi connectivity index (χ2v) is 4.84. The molecule has 1 aliphatic rings. The number of rotatable bonds is 2. The molecule has 2 rings (SSSR count). The zero-order valence-corrected chi connectivity index (χ0v) is 11.0. The Balaban J connectivity index is 2.30. The highest BCUT2D eigenvalue weighted by Crippen LogP contribution is 2.28. The van der Waals surface area contributed by atoms with Crippen molar-refractivity contribution >= 4 is 29.1 Å². The highest BCUT2D eigenvalue weighted by molar-refractivity contribution is 6.33. The molecule has 18 heavy (non-hydrogen) atoms. The molecular weight excluding hydrogens is 285 g/mol. The number of halogens is 4. The number of hydrogen-bond acceptors (Lipinski definition) is 2. The van der Waals surface area contributed by atoms with Crippen LogP contribution in [-0.2, 0) is 0 Å². The van der Waals surface area contributed by atoms with E-state index in [0.717, 1.165) is 4.90 Å². The molecule has 1 amide bonds. The maximum absolute atomic E-state index is 12.6. The largest absolute Gasteiger partial charge is 0.330 e. The molecule has 1 aromatic rings. The number of hydrogen-bond donors (Lipinski definition) is 0. The van der Waals surface area contributed by atoms with Gasteiger partial charge in [0.05, 0.1) is 6.04 Å². The molecule has 0 aliphatic carbocycles. The summed E-state index contributed by atoms with van der Waals surface area (Å²) in [6.07, 6.45) is -2.22. The van der Waals surface area contributed by atoms with Crippen LogP contribution in [0, 0.1) is 6.92 Å². The van der Waals surface area contributed by atoms with Crippen molar-refractivity contribution in [2.45, 2.75) is 25.8 Å². The first-order valence-corrected chi connectivity index (χ1v) is 6.09. The van der Waals surface area contributed by atoms with Crippen molar-refractivity contribution in [1.29, 1.82) is 0 Å². The van der Waals surface area contributed by atoms with Crippen LogP contribution < -0.4 is 0 Å². The first-order valence-electron chi connectivity index (χ1n) is 5.33. The Kier molecular flexibility index (Phi) is 3.73. The average molecular weight is 295 g/mol. The first-order chi connectivity index (χ1) is 8.41. The van der Waals surface area contributed by atoms with Gasteiger partial charge >= 0.3 is 0 Å². The Bertz CT molecular complexity index is 496. The zero-order chi connectivity index (χ0) is 13.4. The topological polar surface area (TPSA) is 33.2 Å². The maximum Gasteiger partial charge on any atom is 0.258 e. The molecule has 1 aromatic heterocycles. The third kappa shape index (κ3) is 2.29. The molecule has 1 aliphatic heterocycles. The number of pyridine rings is 1.